The van der Waals surface area contributed by atoms with Gasteiger partial charge in [-0.3, -0.25) is 0 Å². The number of furan rings is 1. The monoisotopic (exact) mass is 712 g/mol. The highest BCUT2D eigenvalue weighted by molar-refractivity contribution is 6.24. The standard InChI is InChI=1S/C54H32O2/c1-3-12-33(13-4-1)41-26-22-35-16-7-9-18-39(35)51(41)37-24-28-43-46-32-50-53(45-20-11-21-47(54(45)46)55-48(43)30-37)44-29-25-38(31-49(44)56-50)52-40-19-10-8-17-36(40)23-27-42(52)34-14-5-2-6-15-34/h1-32H. The Balaban J connectivity index is 1.05. The normalized spacial score (nSPS) is 12.1. The fourth-order valence-electron chi connectivity index (χ4n) is 9.15. The fourth-order valence-corrected chi connectivity index (χ4v) is 9.15. The van der Waals surface area contributed by atoms with Gasteiger partial charge in [0.05, 0.1) is 0 Å². The summed E-state index contributed by atoms with van der Waals surface area (Å²) in [6, 6.07) is 69.6. The van der Waals surface area contributed by atoms with Crippen molar-refractivity contribution < 1.29 is 9.15 Å². The SMILES string of the molecule is c1ccc(-c2ccc3ccccc3c2-c2ccc3c(c2)Oc2cccc4c2c-3cc2oc3cc(-c5c(-c6ccccc6)ccc6ccccc56)ccc3c24)cc1. The Kier molecular flexibility index (Phi) is 6.66. The first-order valence-electron chi connectivity index (χ1n) is 19.2. The molecule has 0 saturated heterocycles. The van der Waals surface area contributed by atoms with Crippen molar-refractivity contribution in [2.24, 2.45) is 0 Å². The largest absolute Gasteiger partial charge is 0.456 e. The van der Waals surface area contributed by atoms with Crippen LogP contribution in [0, 0.1) is 0 Å². The molecule has 2 heterocycles. The average molecular weight is 713 g/mol. The number of benzene rings is 10. The predicted molar refractivity (Wildman–Crippen MR) is 233 cm³/mol. The molecule has 2 nitrogen and oxygen atoms in total. The van der Waals surface area contributed by atoms with E-state index in [2.05, 4.69) is 194 Å². The maximum atomic E-state index is 6.87. The van der Waals surface area contributed by atoms with Gasteiger partial charge in [0.25, 0.3) is 0 Å². The molecule has 0 atom stereocenters. The van der Waals surface area contributed by atoms with Gasteiger partial charge in [-0.1, -0.05) is 158 Å². The van der Waals surface area contributed by atoms with E-state index >= 15 is 0 Å². The summed E-state index contributed by atoms with van der Waals surface area (Å²) >= 11 is 0. The third-order valence-electron chi connectivity index (χ3n) is 11.7. The van der Waals surface area contributed by atoms with Crippen LogP contribution < -0.4 is 4.74 Å². The molecular weight excluding hydrogens is 681 g/mol. The lowest BCUT2D eigenvalue weighted by atomic mass is 9.87. The highest BCUT2D eigenvalue weighted by Gasteiger charge is 2.25. The van der Waals surface area contributed by atoms with Crippen LogP contribution in [-0.2, 0) is 0 Å². The maximum absolute atomic E-state index is 6.87. The molecule has 0 aliphatic carbocycles. The van der Waals surface area contributed by atoms with Crippen molar-refractivity contribution in [3.8, 4) is 67.1 Å². The quantitative estimate of drug-likeness (QED) is 0.181. The summed E-state index contributed by atoms with van der Waals surface area (Å²) in [6.45, 7) is 0. The summed E-state index contributed by atoms with van der Waals surface area (Å²) in [5.41, 5.74) is 13.4. The average Bonchev–Trinajstić information content (AvgIpc) is 3.64. The van der Waals surface area contributed by atoms with E-state index in [1.165, 1.54) is 54.9 Å². The van der Waals surface area contributed by atoms with Crippen molar-refractivity contribution in [3.05, 3.63) is 194 Å². The molecule has 56 heavy (non-hydrogen) atoms. The molecule has 0 radical (unpaired) electrons. The Morgan fingerprint density at radius 2 is 0.857 bits per heavy atom. The molecule has 260 valence electrons. The minimum absolute atomic E-state index is 0.844. The van der Waals surface area contributed by atoms with Crippen molar-refractivity contribution >= 4 is 54.3 Å². The van der Waals surface area contributed by atoms with Gasteiger partial charge < -0.3 is 9.15 Å². The van der Waals surface area contributed by atoms with Crippen molar-refractivity contribution in [3.63, 3.8) is 0 Å². The molecule has 2 heteroatoms. The van der Waals surface area contributed by atoms with Gasteiger partial charge in [0, 0.05) is 27.3 Å². The topological polar surface area (TPSA) is 22.4 Å². The zero-order chi connectivity index (χ0) is 36.7. The zero-order valence-electron chi connectivity index (χ0n) is 30.3. The van der Waals surface area contributed by atoms with E-state index in [0.29, 0.717) is 0 Å². The molecule has 0 amide bonds. The van der Waals surface area contributed by atoms with Gasteiger partial charge in [0.15, 0.2) is 0 Å². The van der Waals surface area contributed by atoms with Gasteiger partial charge in [0.2, 0.25) is 0 Å². The molecule has 0 saturated carbocycles. The van der Waals surface area contributed by atoms with Gasteiger partial charge in [-0.15, -0.1) is 0 Å². The Morgan fingerprint density at radius 1 is 0.286 bits per heavy atom. The van der Waals surface area contributed by atoms with E-state index in [-0.39, 0.29) is 0 Å². The summed E-state index contributed by atoms with van der Waals surface area (Å²) in [4.78, 5) is 0. The second-order valence-electron chi connectivity index (χ2n) is 14.8. The molecule has 0 N–H and O–H groups in total. The highest BCUT2D eigenvalue weighted by Crippen LogP contribution is 2.52. The van der Waals surface area contributed by atoms with Gasteiger partial charge in [-0.05, 0) is 108 Å². The van der Waals surface area contributed by atoms with Crippen LogP contribution in [0.3, 0.4) is 0 Å². The number of hydrogen-bond acceptors (Lipinski definition) is 2. The minimum Gasteiger partial charge on any atom is -0.456 e. The van der Waals surface area contributed by atoms with E-state index in [4.69, 9.17) is 9.15 Å². The minimum atomic E-state index is 0.844. The van der Waals surface area contributed by atoms with Gasteiger partial charge in [0.1, 0.15) is 22.7 Å². The lowest BCUT2D eigenvalue weighted by Gasteiger charge is -2.23. The third-order valence-corrected chi connectivity index (χ3v) is 11.7. The summed E-state index contributed by atoms with van der Waals surface area (Å²) < 4.78 is 13.7. The van der Waals surface area contributed by atoms with E-state index in [1.807, 2.05) is 0 Å². The van der Waals surface area contributed by atoms with E-state index < -0.39 is 0 Å². The van der Waals surface area contributed by atoms with Crippen LogP contribution in [0.15, 0.2) is 199 Å². The first kappa shape index (κ1) is 31.0. The molecule has 0 spiro atoms. The van der Waals surface area contributed by atoms with Crippen molar-refractivity contribution in [1.82, 2.24) is 0 Å². The van der Waals surface area contributed by atoms with E-state index in [0.717, 1.165) is 66.5 Å². The van der Waals surface area contributed by atoms with Crippen LogP contribution >= 0.6 is 0 Å². The first-order valence-corrected chi connectivity index (χ1v) is 19.2. The summed E-state index contributed by atoms with van der Waals surface area (Å²) in [6.07, 6.45) is 0. The summed E-state index contributed by atoms with van der Waals surface area (Å²) in [7, 11) is 0. The molecule has 11 aromatic rings. The predicted octanol–water partition coefficient (Wildman–Crippen LogP) is 15.5. The van der Waals surface area contributed by atoms with Crippen LogP contribution in [0.1, 0.15) is 0 Å². The van der Waals surface area contributed by atoms with Gasteiger partial charge in [-0.2, -0.15) is 0 Å². The third kappa shape index (κ3) is 4.63. The molecule has 1 aliphatic heterocycles. The fraction of sp³-hybridized carbons (Fsp3) is 0. The Hall–Kier alpha value is -7.42. The van der Waals surface area contributed by atoms with Gasteiger partial charge >= 0.3 is 0 Å². The smallest absolute Gasteiger partial charge is 0.136 e. The summed E-state index contributed by atoms with van der Waals surface area (Å²) in [5, 5.41) is 9.32. The molecular formula is C54H32O2. The second-order valence-corrected chi connectivity index (χ2v) is 14.8. The molecule has 0 unspecified atom stereocenters. The highest BCUT2D eigenvalue weighted by atomic mass is 16.5. The Morgan fingerprint density at radius 3 is 1.54 bits per heavy atom. The summed E-state index contributed by atoms with van der Waals surface area (Å²) in [5.74, 6) is 1.70. The molecule has 0 fully saturated rings. The van der Waals surface area contributed by atoms with Gasteiger partial charge in [-0.25, -0.2) is 0 Å². The number of rotatable bonds is 4. The van der Waals surface area contributed by atoms with Crippen LogP contribution in [0.2, 0.25) is 0 Å². The molecule has 1 aliphatic rings. The Bertz CT molecular complexity index is 3370. The number of fused-ring (bicyclic) bond motifs is 8. The second kappa shape index (κ2) is 12.0. The number of hydrogen-bond donors (Lipinski definition) is 0. The van der Waals surface area contributed by atoms with Crippen LogP contribution in [0.5, 0.6) is 11.5 Å². The molecule has 0 bridgehead atoms. The maximum Gasteiger partial charge on any atom is 0.136 e. The van der Waals surface area contributed by atoms with Crippen molar-refractivity contribution in [1.29, 1.82) is 0 Å². The van der Waals surface area contributed by atoms with Crippen LogP contribution in [-0.4, -0.2) is 0 Å². The molecule has 12 rings (SSSR count). The van der Waals surface area contributed by atoms with Crippen LogP contribution in [0.25, 0.3) is 110 Å². The Labute approximate surface area is 323 Å². The number of ether oxygens (including phenoxy) is 1. The van der Waals surface area contributed by atoms with E-state index in [9.17, 15) is 0 Å². The molecule has 10 aromatic carbocycles. The van der Waals surface area contributed by atoms with Crippen LogP contribution in [0.4, 0.5) is 0 Å². The first-order chi connectivity index (χ1) is 27.8. The van der Waals surface area contributed by atoms with Crippen molar-refractivity contribution in [2.75, 3.05) is 0 Å². The van der Waals surface area contributed by atoms with Crippen molar-refractivity contribution in [2.45, 2.75) is 0 Å². The lowest BCUT2D eigenvalue weighted by molar-refractivity contribution is 0.487. The van der Waals surface area contributed by atoms with E-state index in [1.54, 1.807) is 0 Å². The molecule has 1 aromatic heterocycles. The lowest BCUT2D eigenvalue weighted by Crippen LogP contribution is -1.98. The zero-order valence-corrected chi connectivity index (χ0v) is 30.3.